The van der Waals surface area contributed by atoms with E-state index in [9.17, 15) is 10.1 Å². The van der Waals surface area contributed by atoms with Crippen LogP contribution in [-0.2, 0) is 6.54 Å². The van der Waals surface area contributed by atoms with E-state index in [2.05, 4.69) is 15.6 Å². The standard InChI is InChI=1S/C12H13N5O2/c18-17(19)12-3-1-2-11(6-12)16-8-10(14-15-16)7-13-9-4-5-9/h1-3,6,8-9,13H,4-5,7H2. The zero-order valence-corrected chi connectivity index (χ0v) is 10.2. The third-order valence-corrected chi connectivity index (χ3v) is 3.00. The molecule has 0 radical (unpaired) electrons. The number of non-ortho nitro benzene ring substituents is 1. The predicted molar refractivity (Wildman–Crippen MR) is 67.9 cm³/mol. The first kappa shape index (κ1) is 11.8. The third-order valence-electron chi connectivity index (χ3n) is 3.00. The second-order valence-corrected chi connectivity index (χ2v) is 4.59. The van der Waals surface area contributed by atoms with Gasteiger partial charge in [-0.05, 0) is 18.9 Å². The monoisotopic (exact) mass is 259 g/mol. The Bertz CT molecular complexity index is 606. The minimum absolute atomic E-state index is 0.0469. The Kier molecular flexibility index (Phi) is 2.96. The lowest BCUT2D eigenvalue weighted by molar-refractivity contribution is -0.384. The van der Waals surface area contributed by atoms with Crippen molar-refractivity contribution in [2.75, 3.05) is 0 Å². The van der Waals surface area contributed by atoms with Crippen LogP contribution in [0.1, 0.15) is 18.5 Å². The maximum atomic E-state index is 10.7. The van der Waals surface area contributed by atoms with Crippen LogP contribution in [0.2, 0.25) is 0 Å². The molecule has 7 nitrogen and oxygen atoms in total. The molecule has 3 rings (SSSR count). The topological polar surface area (TPSA) is 85.9 Å². The van der Waals surface area contributed by atoms with Crippen LogP contribution in [0.15, 0.2) is 30.5 Å². The first-order valence-electron chi connectivity index (χ1n) is 6.12. The van der Waals surface area contributed by atoms with Crippen molar-refractivity contribution in [2.45, 2.75) is 25.4 Å². The van der Waals surface area contributed by atoms with E-state index in [0.29, 0.717) is 18.3 Å². The van der Waals surface area contributed by atoms with Gasteiger partial charge in [-0.25, -0.2) is 4.68 Å². The Morgan fingerprint density at radius 3 is 3.05 bits per heavy atom. The summed E-state index contributed by atoms with van der Waals surface area (Å²) >= 11 is 0. The molecule has 0 spiro atoms. The van der Waals surface area contributed by atoms with Crippen LogP contribution >= 0.6 is 0 Å². The summed E-state index contributed by atoms with van der Waals surface area (Å²) in [5.74, 6) is 0. The van der Waals surface area contributed by atoms with Crippen molar-refractivity contribution in [2.24, 2.45) is 0 Å². The summed E-state index contributed by atoms with van der Waals surface area (Å²) in [6.45, 7) is 0.680. The van der Waals surface area contributed by atoms with Crippen LogP contribution in [0.25, 0.3) is 5.69 Å². The highest BCUT2D eigenvalue weighted by Gasteiger charge is 2.20. The van der Waals surface area contributed by atoms with E-state index in [-0.39, 0.29) is 5.69 Å². The molecule has 98 valence electrons. The van der Waals surface area contributed by atoms with E-state index in [0.717, 1.165) is 5.69 Å². The number of nitro groups is 1. The summed E-state index contributed by atoms with van der Waals surface area (Å²) in [6.07, 6.45) is 4.23. The molecule has 1 saturated carbocycles. The van der Waals surface area contributed by atoms with Gasteiger partial charge < -0.3 is 5.32 Å². The normalized spacial score (nSPS) is 14.5. The summed E-state index contributed by atoms with van der Waals surface area (Å²) in [5.41, 5.74) is 1.52. The van der Waals surface area contributed by atoms with Gasteiger partial charge in [0, 0.05) is 24.7 Å². The highest BCUT2D eigenvalue weighted by Crippen LogP contribution is 2.19. The van der Waals surface area contributed by atoms with Crippen LogP contribution in [0, 0.1) is 10.1 Å². The molecule has 1 aliphatic carbocycles. The molecule has 2 aromatic rings. The van der Waals surface area contributed by atoms with E-state index in [1.165, 1.54) is 25.0 Å². The summed E-state index contributed by atoms with van der Waals surface area (Å²) in [7, 11) is 0. The summed E-state index contributed by atoms with van der Waals surface area (Å²) in [6, 6.07) is 6.95. The molecular formula is C12H13N5O2. The molecule has 1 N–H and O–H groups in total. The van der Waals surface area contributed by atoms with Crippen molar-refractivity contribution >= 4 is 5.69 Å². The van der Waals surface area contributed by atoms with Gasteiger partial charge in [-0.2, -0.15) is 0 Å². The van der Waals surface area contributed by atoms with E-state index in [1.807, 2.05) is 0 Å². The summed E-state index contributed by atoms with van der Waals surface area (Å²) < 4.78 is 1.55. The van der Waals surface area contributed by atoms with Gasteiger partial charge in [-0.1, -0.05) is 11.3 Å². The van der Waals surface area contributed by atoms with Crippen LogP contribution in [0.4, 0.5) is 5.69 Å². The molecule has 0 aliphatic heterocycles. The summed E-state index contributed by atoms with van der Waals surface area (Å²) in [5, 5.41) is 22.1. The minimum atomic E-state index is -0.421. The van der Waals surface area contributed by atoms with Gasteiger partial charge in [0.2, 0.25) is 0 Å². The molecule has 7 heteroatoms. The van der Waals surface area contributed by atoms with E-state index < -0.39 is 4.92 Å². The molecule has 0 amide bonds. The van der Waals surface area contributed by atoms with Gasteiger partial charge >= 0.3 is 0 Å². The maximum absolute atomic E-state index is 10.7. The number of aromatic nitrogens is 3. The zero-order valence-electron chi connectivity index (χ0n) is 10.2. The molecule has 1 aromatic heterocycles. The molecule has 1 fully saturated rings. The second kappa shape index (κ2) is 4.77. The largest absolute Gasteiger partial charge is 0.308 e. The fraction of sp³-hybridized carbons (Fsp3) is 0.333. The Labute approximate surface area is 109 Å². The third kappa shape index (κ3) is 2.76. The van der Waals surface area contributed by atoms with E-state index in [1.54, 1.807) is 23.0 Å². The fourth-order valence-electron chi connectivity index (χ4n) is 1.79. The molecule has 19 heavy (non-hydrogen) atoms. The van der Waals surface area contributed by atoms with Gasteiger partial charge in [-0.15, -0.1) is 5.10 Å². The van der Waals surface area contributed by atoms with Crippen LogP contribution in [0.5, 0.6) is 0 Å². The second-order valence-electron chi connectivity index (χ2n) is 4.59. The van der Waals surface area contributed by atoms with Crippen LogP contribution < -0.4 is 5.32 Å². The molecule has 0 saturated heterocycles. The number of nitro benzene ring substituents is 1. The van der Waals surface area contributed by atoms with Crippen molar-refractivity contribution in [3.05, 3.63) is 46.3 Å². The molecular weight excluding hydrogens is 246 g/mol. The predicted octanol–water partition coefficient (Wildman–Crippen LogP) is 1.43. The van der Waals surface area contributed by atoms with Crippen LogP contribution in [0.3, 0.4) is 0 Å². The highest BCUT2D eigenvalue weighted by atomic mass is 16.6. The number of benzene rings is 1. The lowest BCUT2D eigenvalue weighted by atomic mass is 10.3. The molecule has 1 heterocycles. The van der Waals surface area contributed by atoms with Gasteiger partial charge in [-0.3, -0.25) is 10.1 Å². The first-order chi connectivity index (χ1) is 9.22. The molecule has 0 unspecified atom stereocenters. The average Bonchev–Trinajstić information content (AvgIpc) is 3.13. The van der Waals surface area contributed by atoms with Crippen molar-refractivity contribution < 1.29 is 4.92 Å². The number of nitrogens with one attached hydrogen (secondary N) is 1. The SMILES string of the molecule is O=[N+]([O-])c1cccc(-n2cc(CNC3CC3)nn2)c1. The number of hydrogen-bond donors (Lipinski definition) is 1. The Morgan fingerprint density at radius 2 is 2.32 bits per heavy atom. The molecule has 0 atom stereocenters. The Balaban J connectivity index is 1.77. The quantitative estimate of drug-likeness (QED) is 0.648. The number of hydrogen-bond acceptors (Lipinski definition) is 5. The minimum Gasteiger partial charge on any atom is -0.308 e. The van der Waals surface area contributed by atoms with Gasteiger partial charge in [0.1, 0.15) is 0 Å². The molecule has 1 aliphatic rings. The van der Waals surface area contributed by atoms with Gasteiger partial charge in [0.05, 0.1) is 22.5 Å². The van der Waals surface area contributed by atoms with Crippen molar-refractivity contribution in [3.63, 3.8) is 0 Å². The van der Waals surface area contributed by atoms with Gasteiger partial charge in [0.25, 0.3) is 5.69 Å². The van der Waals surface area contributed by atoms with Crippen molar-refractivity contribution in [1.29, 1.82) is 0 Å². The molecule has 1 aromatic carbocycles. The zero-order chi connectivity index (χ0) is 13.2. The number of nitrogens with zero attached hydrogens (tertiary/aromatic N) is 4. The lowest BCUT2D eigenvalue weighted by Crippen LogP contribution is -2.15. The first-order valence-corrected chi connectivity index (χ1v) is 6.12. The average molecular weight is 259 g/mol. The van der Waals surface area contributed by atoms with Crippen molar-refractivity contribution in [3.8, 4) is 5.69 Å². The lowest BCUT2D eigenvalue weighted by Gasteiger charge is -1.99. The summed E-state index contributed by atoms with van der Waals surface area (Å²) in [4.78, 5) is 10.3. The maximum Gasteiger partial charge on any atom is 0.271 e. The fourth-order valence-corrected chi connectivity index (χ4v) is 1.79. The Morgan fingerprint density at radius 1 is 1.47 bits per heavy atom. The smallest absolute Gasteiger partial charge is 0.271 e. The van der Waals surface area contributed by atoms with Gasteiger partial charge in [0.15, 0.2) is 0 Å². The van der Waals surface area contributed by atoms with Crippen LogP contribution in [-0.4, -0.2) is 26.0 Å². The number of rotatable bonds is 5. The molecule has 0 bridgehead atoms. The highest BCUT2D eigenvalue weighted by molar-refractivity contribution is 5.42. The van der Waals surface area contributed by atoms with E-state index in [4.69, 9.17) is 0 Å². The van der Waals surface area contributed by atoms with Crippen molar-refractivity contribution in [1.82, 2.24) is 20.3 Å². The Hall–Kier alpha value is -2.28. The van der Waals surface area contributed by atoms with E-state index >= 15 is 0 Å².